The van der Waals surface area contributed by atoms with Crippen LogP contribution in [-0.4, -0.2) is 25.8 Å². The zero-order valence-corrected chi connectivity index (χ0v) is 10.1. The summed E-state index contributed by atoms with van der Waals surface area (Å²) in [5.74, 6) is 0. The second-order valence-corrected chi connectivity index (χ2v) is 5.37. The van der Waals surface area contributed by atoms with Crippen molar-refractivity contribution < 1.29 is 4.74 Å². The monoisotopic (exact) mass is 211 g/mol. The Morgan fingerprint density at radius 2 is 2.13 bits per heavy atom. The van der Waals surface area contributed by atoms with E-state index in [1.165, 1.54) is 51.5 Å². The van der Waals surface area contributed by atoms with Crippen molar-refractivity contribution in [2.75, 3.05) is 19.8 Å². The van der Waals surface area contributed by atoms with Crippen molar-refractivity contribution in [3.8, 4) is 0 Å². The molecule has 0 aromatic heterocycles. The normalized spacial score (nSPS) is 29.8. The Hall–Kier alpha value is -0.0800. The Kier molecular flexibility index (Phi) is 4.04. The van der Waals surface area contributed by atoms with Crippen LogP contribution >= 0.6 is 0 Å². The van der Waals surface area contributed by atoms with Crippen LogP contribution in [0.5, 0.6) is 0 Å². The molecule has 1 aliphatic heterocycles. The molecule has 1 unspecified atom stereocenters. The van der Waals surface area contributed by atoms with Gasteiger partial charge in [-0.05, 0) is 43.9 Å². The minimum absolute atomic E-state index is 0.696. The molecule has 1 aliphatic carbocycles. The third-order valence-electron chi connectivity index (χ3n) is 3.96. The molecule has 1 heterocycles. The number of nitrogens with one attached hydrogen (secondary N) is 1. The molecule has 1 atom stereocenters. The van der Waals surface area contributed by atoms with Gasteiger partial charge >= 0.3 is 0 Å². The maximum atomic E-state index is 5.48. The second kappa shape index (κ2) is 5.31. The third kappa shape index (κ3) is 3.46. The van der Waals surface area contributed by atoms with Crippen LogP contribution in [0.25, 0.3) is 0 Å². The predicted molar refractivity (Wildman–Crippen MR) is 63.0 cm³/mol. The summed E-state index contributed by atoms with van der Waals surface area (Å²) in [5.41, 5.74) is 0.696. The van der Waals surface area contributed by atoms with Crippen LogP contribution in [0.4, 0.5) is 0 Å². The van der Waals surface area contributed by atoms with E-state index in [-0.39, 0.29) is 0 Å². The largest absolute Gasteiger partial charge is 0.381 e. The highest BCUT2D eigenvalue weighted by Crippen LogP contribution is 2.49. The summed E-state index contributed by atoms with van der Waals surface area (Å²) >= 11 is 0. The van der Waals surface area contributed by atoms with Crippen molar-refractivity contribution in [1.29, 1.82) is 0 Å². The van der Waals surface area contributed by atoms with E-state index in [9.17, 15) is 0 Å². The van der Waals surface area contributed by atoms with Crippen molar-refractivity contribution >= 4 is 0 Å². The minimum Gasteiger partial charge on any atom is -0.381 e. The first-order valence-electron chi connectivity index (χ1n) is 6.66. The van der Waals surface area contributed by atoms with Gasteiger partial charge in [-0.2, -0.15) is 0 Å². The van der Waals surface area contributed by atoms with Gasteiger partial charge in [0.05, 0.1) is 0 Å². The fourth-order valence-electron chi connectivity index (χ4n) is 2.69. The molecule has 1 saturated carbocycles. The summed E-state index contributed by atoms with van der Waals surface area (Å²) in [6.07, 6.45) is 9.43. The van der Waals surface area contributed by atoms with Gasteiger partial charge in [-0.3, -0.25) is 0 Å². The van der Waals surface area contributed by atoms with Gasteiger partial charge in [0.25, 0.3) is 0 Å². The highest BCUT2D eigenvalue weighted by molar-refractivity contribution is 4.95. The summed E-state index contributed by atoms with van der Waals surface area (Å²) in [7, 11) is 0. The van der Waals surface area contributed by atoms with Gasteiger partial charge in [-0.15, -0.1) is 0 Å². The van der Waals surface area contributed by atoms with E-state index in [1.54, 1.807) is 0 Å². The van der Waals surface area contributed by atoms with E-state index in [2.05, 4.69) is 12.2 Å². The molecular weight excluding hydrogens is 186 g/mol. The zero-order chi connectivity index (χ0) is 10.6. The first-order chi connectivity index (χ1) is 7.35. The lowest BCUT2D eigenvalue weighted by atomic mass is 9.99. The molecule has 0 radical (unpaired) electrons. The van der Waals surface area contributed by atoms with Crippen molar-refractivity contribution in [3.05, 3.63) is 0 Å². The van der Waals surface area contributed by atoms with Crippen LogP contribution in [0.1, 0.15) is 51.9 Å². The quantitative estimate of drug-likeness (QED) is 0.755. The Labute approximate surface area is 93.8 Å². The van der Waals surface area contributed by atoms with Gasteiger partial charge in [0.2, 0.25) is 0 Å². The third-order valence-corrected chi connectivity index (χ3v) is 3.96. The van der Waals surface area contributed by atoms with E-state index in [1.807, 2.05) is 0 Å². The fraction of sp³-hybridized carbons (Fsp3) is 1.00. The van der Waals surface area contributed by atoms with Gasteiger partial charge in [0.15, 0.2) is 0 Å². The minimum atomic E-state index is 0.696. The highest BCUT2D eigenvalue weighted by atomic mass is 16.5. The summed E-state index contributed by atoms with van der Waals surface area (Å²) in [5, 5.41) is 3.77. The molecule has 0 aromatic rings. The van der Waals surface area contributed by atoms with E-state index in [0.717, 1.165) is 19.3 Å². The van der Waals surface area contributed by atoms with Gasteiger partial charge in [0.1, 0.15) is 0 Å². The van der Waals surface area contributed by atoms with E-state index < -0.39 is 0 Å². The van der Waals surface area contributed by atoms with E-state index >= 15 is 0 Å². The highest BCUT2D eigenvalue weighted by Gasteiger charge is 2.41. The number of rotatable bonds is 5. The van der Waals surface area contributed by atoms with E-state index in [4.69, 9.17) is 4.74 Å². The Morgan fingerprint density at radius 3 is 2.87 bits per heavy atom. The molecule has 88 valence electrons. The van der Waals surface area contributed by atoms with Crippen molar-refractivity contribution in [2.24, 2.45) is 5.41 Å². The van der Waals surface area contributed by atoms with Crippen molar-refractivity contribution in [1.82, 2.24) is 5.32 Å². The Morgan fingerprint density at radius 1 is 1.27 bits per heavy atom. The molecule has 0 spiro atoms. The molecule has 2 nitrogen and oxygen atoms in total. The fourth-order valence-corrected chi connectivity index (χ4v) is 2.69. The maximum Gasteiger partial charge on any atom is 0.0480 e. The number of ether oxygens (including phenoxy) is 1. The molecule has 2 fully saturated rings. The van der Waals surface area contributed by atoms with Crippen molar-refractivity contribution in [2.45, 2.75) is 57.9 Å². The molecule has 1 saturated heterocycles. The Bertz CT molecular complexity index is 181. The van der Waals surface area contributed by atoms with Crippen LogP contribution in [-0.2, 0) is 4.74 Å². The van der Waals surface area contributed by atoms with Crippen LogP contribution in [0, 0.1) is 5.41 Å². The summed E-state index contributed by atoms with van der Waals surface area (Å²) in [6.45, 7) is 5.49. The molecule has 2 aliphatic rings. The maximum absolute atomic E-state index is 5.48. The van der Waals surface area contributed by atoms with Gasteiger partial charge < -0.3 is 10.1 Å². The molecule has 0 amide bonds. The molecule has 15 heavy (non-hydrogen) atoms. The van der Waals surface area contributed by atoms with Gasteiger partial charge in [-0.25, -0.2) is 0 Å². The molecule has 2 heteroatoms. The van der Waals surface area contributed by atoms with Crippen LogP contribution in [0.2, 0.25) is 0 Å². The lowest BCUT2D eigenvalue weighted by Crippen LogP contribution is -2.34. The van der Waals surface area contributed by atoms with Gasteiger partial charge in [-0.1, -0.05) is 13.3 Å². The molecular formula is C13H25NO. The smallest absolute Gasteiger partial charge is 0.0480 e. The first-order valence-corrected chi connectivity index (χ1v) is 6.66. The Balaban J connectivity index is 1.67. The lowest BCUT2D eigenvalue weighted by molar-refractivity contribution is 0.142. The van der Waals surface area contributed by atoms with Gasteiger partial charge in [0, 0.05) is 25.8 Å². The standard InChI is InChI=1S/C13H25NO/c1-2-6-13(7-8-13)11-14-12-4-3-9-15-10-5-12/h12,14H,2-11H2,1H3. The summed E-state index contributed by atoms with van der Waals surface area (Å²) in [4.78, 5) is 0. The SMILES string of the molecule is CCCC1(CNC2CCCOCC2)CC1. The summed E-state index contributed by atoms with van der Waals surface area (Å²) < 4.78 is 5.48. The average Bonchev–Trinajstić information content (AvgIpc) is 3.00. The molecule has 0 aromatic carbocycles. The lowest BCUT2D eigenvalue weighted by Gasteiger charge is -2.20. The molecule has 2 rings (SSSR count). The number of hydrogen-bond donors (Lipinski definition) is 1. The zero-order valence-electron chi connectivity index (χ0n) is 10.1. The number of hydrogen-bond acceptors (Lipinski definition) is 2. The predicted octanol–water partition coefficient (Wildman–Crippen LogP) is 2.73. The van der Waals surface area contributed by atoms with E-state index in [0.29, 0.717) is 5.41 Å². The van der Waals surface area contributed by atoms with Crippen LogP contribution in [0.3, 0.4) is 0 Å². The average molecular weight is 211 g/mol. The molecule has 1 N–H and O–H groups in total. The van der Waals surface area contributed by atoms with Crippen molar-refractivity contribution in [3.63, 3.8) is 0 Å². The summed E-state index contributed by atoms with van der Waals surface area (Å²) in [6, 6.07) is 0.724. The topological polar surface area (TPSA) is 21.3 Å². The molecule has 0 bridgehead atoms. The first kappa shape index (κ1) is 11.4. The van der Waals surface area contributed by atoms with Crippen LogP contribution in [0.15, 0.2) is 0 Å². The second-order valence-electron chi connectivity index (χ2n) is 5.37. The van der Waals surface area contributed by atoms with Crippen LogP contribution < -0.4 is 5.32 Å².